The Kier molecular flexibility index (Phi) is 6.50. The van der Waals surface area contributed by atoms with Crippen LogP contribution in [0.15, 0.2) is 42.5 Å². The molecule has 176 valence electrons. The van der Waals surface area contributed by atoms with Crippen molar-refractivity contribution in [1.29, 1.82) is 0 Å². The molecule has 0 saturated carbocycles. The van der Waals surface area contributed by atoms with E-state index in [-0.39, 0.29) is 22.7 Å². The number of pyridine rings is 1. The van der Waals surface area contributed by atoms with Crippen LogP contribution in [-0.2, 0) is 22.0 Å². The third-order valence-electron chi connectivity index (χ3n) is 6.78. The van der Waals surface area contributed by atoms with Crippen LogP contribution in [0.3, 0.4) is 0 Å². The van der Waals surface area contributed by atoms with Crippen molar-refractivity contribution in [1.82, 2.24) is 4.98 Å². The molecule has 33 heavy (non-hydrogen) atoms. The highest BCUT2D eigenvalue weighted by atomic mass is 19.1. The third kappa shape index (κ3) is 5.38. The minimum absolute atomic E-state index is 0.109. The van der Waals surface area contributed by atoms with Gasteiger partial charge in [-0.1, -0.05) is 52.8 Å². The van der Waals surface area contributed by atoms with Crippen molar-refractivity contribution < 1.29 is 9.13 Å². The number of nitrogens with one attached hydrogen (secondary N) is 1. The van der Waals surface area contributed by atoms with Gasteiger partial charge in [-0.3, -0.25) is 4.98 Å². The summed E-state index contributed by atoms with van der Waals surface area (Å²) in [6.45, 7) is 14.3. The minimum atomic E-state index is -0.275. The number of ether oxygens (including phenoxy) is 1. The molecule has 1 saturated heterocycles. The molecule has 1 aliphatic heterocycles. The zero-order chi connectivity index (χ0) is 23.8. The molecule has 3 nitrogen and oxygen atoms in total. The van der Waals surface area contributed by atoms with Crippen molar-refractivity contribution in [2.45, 2.75) is 77.7 Å². The molecule has 0 radical (unpaired) electrons. The summed E-state index contributed by atoms with van der Waals surface area (Å²) >= 11 is 0. The van der Waals surface area contributed by atoms with E-state index in [0.29, 0.717) is 5.69 Å². The largest absolute Gasteiger partial charge is 0.381 e. The molecule has 2 heterocycles. The van der Waals surface area contributed by atoms with Gasteiger partial charge in [0.1, 0.15) is 5.82 Å². The Morgan fingerprint density at radius 1 is 1.00 bits per heavy atom. The molecule has 1 aromatic heterocycles. The Balaban J connectivity index is 1.68. The summed E-state index contributed by atoms with van der Waals surface area (Å²) in [6, 6.07) is 15.1. The summed E-state index contributed by atoms with van der Waals surface area (Å²) in [6.07, 6.45) is 2.64. The summed E-state index contributed by atoms with van der Waals surface area (Å²) in [4.78, 5) is 4.64. The van der Waals surface area contributed by atoms with Crippen molar-refractivity contribution in [3.8, 4) is 0 Å². The number of halogens is 1. The molecule has 1 fully saturated rings. The third-order valence-corrected chi connectivity index (χ3v) is 6.78. The molecule has 0 unspecified atom stereocenters. The molecular weight excluding hydrogens is 411 g/mol. The average molecular weight is 449 g/mol. The Morgan fingerprint density at radius 2 is 1.73 bits per heavy atom. The number of aryl methyl sites for hydroxylation is 1. The first kappa shape index (κ1) is 23.7. The maximum absolute atomic E-state index is 15.6. The predicted molar refractivity (Wildman–Crippen MR) is 136 cm³/mol. The Morgan fingerprint density at radius 3 is 2.42 bits per heavy atom. The molecule has 0 aliphatic carbocycles. The first-order valence-corrected chi connectivity index (χ1v) is 12.1. The van der Waals surface area contributed by atoms with Crippen LogP contribution in [0, 0.1) is 12.7 Å². The summed E-state index contributed by atoms with van der Waals surface area (Å²) in [5.41, 5.74) is 5.48. The van der Waals surface area contributed by atoms with Crippen molar-refractivity contribution in [2.75, 3.05) is 18.5 Å². The average Bonchev–Trinajstić information content (AvgIpc) is 2.75. The van der Waals surface area contributed by atoms with E-state index in [1.54, 1.807) is 0 Å². The lowest BCUT2D eigenvalue weighted by atomic mass is 9.77. The first-order valence-electron chi connectivity index (χ1n) is 12.1. The lowest BCUT2D eigenvalue weighted by Gasteiger charge is -2.30. The van der Waals surface area contributed by atoms with E-state index in [9.17, 15) is 0 Å². The van der Waals surface area contributed by atoms with E-state index >= 15 is 4.39 Å². The van der Waals surface area contributed by atoms with Gasteiger partial charge in [-0.15, -0.1) is 0 Å². The van der Waals surface area contributed by atoms with Crippen LogP contribution in [0.5, 0.6) is 0 Å². The molecule has 0 bridgehead atoms. The lowest BCUT2D eigenvalue weighted by Crippen LogP contribution is -2.29. The molecule has 3 aromatic rings. The zero-order valence-corrected chi connectivity index (χ0v) is 20.9. The zero-order valence-electron chi connectivity index (χ0n) is 20.9. The second kappa shape index (κ2) is 9.06. The van der Waals surface area contributed by atoms with Crippen LogP contribution in [0.1, 0.15) is 69.8 Å². The van der Waals surface area contributed by atoms with Crippen LogP contribution in [0.4, 0.5) is 10.1 Å². The van der Waals surface area contributed by atoms with Crippen molar-refractivity contribution in [3.63, 3.8) is 0 Å². The summed E-state index contributed by atoms with van der Waals surface area (Å²) in [5.74, 6) is -0.123. The minimum Gasteiger partial charge on any atom is -0.381 e. The van der Waals surface area contributed by atoms with Gasteiger partial charge >= 0.3 is 0 Å². The van der Waals surface area contributed by atoms with Crippen molar-refractivity contribution >= 4 is 16.6 Å². The van der Waals surface area contributed by atoms with Gasteiger partial charge in [-0.2, -0.15) is 0 Å². The number of hydrogen-bond donors (Lipinski definition) is 1. The number of fused-ring (bicyclic) bond motifs is 1. The van der Waals surface area contributed by atoms with Crippen molar-refractivity contribution in [2.24, 2.45) is 0 Å². The Labute approximate surface area is 197 Å². The van der Waals surface area contributed by atoms with Crippen LogP contribution in [0.25, 0.3) is 10.9 Å². The van der Waals surface area contributed by atoms with Gasteiger partial charge < -0.3 is 10.1 Å². The second-order valence-electron chi connectivity index (χ2n) is 11.2. The number of anilines is 1. The summed E-state index contributed by atoms with van der Waals surface area (Å²) in [5, 5.41) is 4.65. The molecular formula is C29H37FN2O. The van der Waals surface area contributed by atoms with Crippen molar-refractivity contribution in [3.05, 3.63) is 70.7 Å². The van der Waals surface area contributed by atoms with Gasteiger partial charge in [0, 0.05) is 30.3 Å². The highest BCUT2D eigenvalue weighted by molar-refractivity contribution is 5.79. The molecule has 0 amide bonds. The second-order valence-corrected chi connectivity index (χ2v) is 11.2. The van der Waals surface area contributed by atoms with Gasteiger partial charge in [0.2, 0.25) is 0 Å². The van der Waals surface area contributed by atoms with Gasteiger partial charge in [0.25, 0.3) is 0 Å². The van der Waals surface area contributed by atoms with E-state index in [1.807, 2.05) is 13.0 Å². The molecule has 0 atom stereocenters. The van der Waals surface area contributed by atoms with E-state index in [1.165, 1.54) is 5.56 Å². The topological polar surface area (TPSA) is 34.1 Å². The van der Waals surface area contributed by atoms with Crippen LogP contribution in [0.2, 0.25) is 0 Å². The van der Waals surface area contributed by atoms with Crippen LogP contribution >= 0.6 is 0 Å². The maximum atomic E-state index is 15.6. The molecule has 4 heteroatoms. The van der Waals surface area contributed by atoms with Gasteiger partial charge in [-0.05, 0) is 78.0 Å². The smallest absolute Gasteiger partial charge is 0.150 e. The van der Waals surface area contributed by atoms with Crippen LogP contribution < -0.4 is 5.32 Å². The van der Waals surface area contributed by atoms with Crippen LogP contribution in [-0.4, -0.2) is 24.2 Å². The number of hydrogen-bond acceptors (Lipinski definition) is 3. The number of benzene rings is 2. The molecule has 2 aromatic carbocycles. The fraction of sp³-hybridized carbons (Fsp3) is 0.483. The van der Waals surface area contributed by atoms with E-state index in [4.69, 9.17) is 4.74 Å². The summed E-state index contributed by atoms with van der Waals surface area (Å²) in [7, 11) is 0. The highest BCUT2D eigenvalue weighted by Gasteiger charge is 2.27. The van der Waals surface area contributed by atoms with E-state index < -0.39 is 0 Å². The first-order chi connectivity index (χ1) is 15.5. The highest BCUT2D eigenvalue weighted by Crippen LogP contribution is 2.36. The van der Waals surface area contributed by atoms with E-state index in [0.717, 1.165) is 60.2 Å². The Hall–Kier alpha value is -2.46. The van der Waals surface area contributed by atoms with Gasteiger partial charge in [-0.25, -0.2) is 4.39 Å². The van der Waals surface area contributed by atoms with Gasteiger partial charge in [0.05, 0.1) is 11.2 Å². The maximum Gasteiger partial charge on any atom is 0.150 e. The SMILES string of the molecule is Cc1ccc2cc(C(C)(C)Cc3cc(NC4CCOCC4)c(F)c(C(C)(C)C)c3)ccc2n1. The molecule has 1 N–H and O–H groups in total. The number of aromatic nitrogens is 1. The lowest BCUT2D eigenvalue weighted by molar-refractivity contribution is 0.0904. The summed E-state index contributed by atoms with van der Waals surface area (Å²) < 4.78 is 21.0. The normalized spacial score (nSPS) is 15.7. The fourth-order valence-corrected chi connectivity index (χ4v) is 4.76. The quantitative estimate of drug-likeness (QED) is 0.452. The number of rotatable bonds is 5. The molecule has 0 spiro atoms. The number of nitrogens with zero attached hydrogens (tertiary/aromatic N) is 1. The molecule has 1 aliphatic rings. The monoisotopic (exact) mass is 448 g/mol. The predicted octanol–water partition coefficient (Wildman–Crippen LogP) is 7.09. The standard InChI is InChI=1S/C29H37FN2O/c1-19-7-8-21-17-22(9-10-25(21)31-19)29(5,6)18-20-15-24(28(2,3)4)27(30)26(16-20)32-23-11-13-33-14-12-23/h7-10,15-17,23,32H,11-14,18H2,1-6H3. The van der Waals surface area contributed by atoms with Gasteiger partial charge in [0.15, 0.2) is 0 Å². The van der Waals surface area contributed by atoms with E-state index in [2.05, 4.69) is 81.3 Å². The molecule has 4 rings (SSSR count). The Bertz CT molecular complexity index is 1140. The fourth-order valence-electron chi connectivity index (χ4n) is 4.76.